The van der Waals surface area contributed by atoms with E-state index in [9.17, 15) is 0 Å². The van der Waals surface area contributed by atoms with Crippen LogP contribution in [-0.4, -0.2) is 14.4 Å². The standard InChI is InChI=1S/C16H33BrOSi/c1-9-10-12-16(5,6)14(11-13-17)18-19(7,8)15(2,3)4/h11,13-14H,9-10,12H2,1-8H3/b13-11+/t14-/m1/s1. The summed E-state index contributed by atoms with van der Waals surface area (Å²) in [5, 5.41) is 0.256. The van der Waals surface area contributed by atoms with Gasteiger partial charge in [-0.2, -0.15) is 0 Å². The van der Waals surface area contributed by atoms with Crippen molar-refractivity contribution in [3.05, 3.63) is 11.1 Å². The van der Waals surface area contributed by atoms with Gasteiger partial charge in [-0.05, 0) is 41.0 Å². The van der Waals surface area contributed by atoms with E-state index in [2.05, 4.69) is 76.6 Å². The van der Waals surface area contributed by atoms with E-state index in [4.69, 9.17) is 4.43 Å². The van der Waals surface area contributed by atoms with Crippen molar-refractivity contribution in [3.63, 3.8) is 0 Å². The Morgan fingerprint density at radius 3 is 2.05 bits per heavy atom. The molecule has 0 N–H and O–H groups in total. The van der Waals surface area contributed by atoms with Crippen molar-refractivity contribution < 1.29 is 4.43 Å². The Hall–Kier alpha value is 0.397. The van der Waals surface area contributed by atoms with E-state index >= 15 is 0 Å². The molecule has 0 spiro atoms. The first kappa shape index (κ1) is 19.4. The van der Waals surface area contributed by atoms with Gasteiger partial charge < -0.3 is 4.43 Å². The monoisotopic (exact) mass is 348 g/mol. The second kappa shape index (κ2) is 7.42. The minimum Gasteiger partial charge on any atom is -0.410 e. The Kier molecular flexibility index (Phi) is 7.57. The van der Waals surface area contributed by atoms with Crippen molar-refractivity contribution in [1.29, 1.82) is 0 Å². The van der Waals surface area contributed by atoms with Gasteiger partial charge in [-0.25, -0.2) is 0 Å². The van der Waals surface area contributed by atoms with Crippen molar-refractivity contribution in [1.82, 2.24) is 0 Å². The normalized spacial score (nSPS) is 16.1. The van der Waals surface area contributed by atoms with Crippen LogP contribution >= 0.6 is 15.9 Å². The second-order valence-corrected chi connectivity index (χ2v) is 13.0. The summed E-state index contributed by atoms with van der Waals surface area (Å²) >= 11 is 3.42. The molecule has 0 fully saturated rings. The van der Waals surface area contributed by atoms with Gasteiger partial charge >= 0.3 is 0 Å². The van der Waals surface area contributed by atoms with Gasteiger partial charge in [-0.15, -0.1) is 0 Å². The van der Waals surface area contributed by atoms with E-state index in [0.717, 1.165) is 0 Å². The highest BCUT2D eigenvalue weighted by Gasteiger charge is 2.41. The van der Waals surface area contributed by atoms with Gasteiger partial charge in [0.15, 0.2) is 8.32 Å². The van der Waals surface area contributed by atoms with Crippen molar-refractivity contribution in [2.75, 3.05) is 0 Å². The lowest BCUT2D eigenvalue weighted by atomic mass is 9.81. The smallest absolute Gasteiger partial charge is 0.192 e. The molecule has 3 heteroatoms. The lowest BCUT2D eigenvalue weighted by molar-refractivity contribution is 0.0900. The third-order valence-corrected chi connectivity index (χ3v) is 9.18. The molecule has 0 bridgehead atoms. The Morgan fingerprint density at radius 2 is 1.68 bits per heavy atom. The van der Waals surface area contributed by atoms with Crippen LogP contribution in [0.25, 0.3) is 0 Å². The van der Waals surface area contributed by atoms with E-state index in [1.165, 1.54) is 19.3 Å². The molecular formula is C16H33BrOSi. The maximum Gasteiger partial charge on any atom is 0.192 e. The maximum atomic E-state index is 6.63. The van der Waals surface area contributed by atoms with Gasteiger partial charge in [-0.3, -0.25) is 0 Å². The molecule has 0 rings (SSSR count). The van der Waals surface area contributed by atoms with E-state index in [1.807, 2.05) is 4.99 Å². The van der Waals surface area contributed by atoms with E-state index in [0.29, 0.717) is 0 Å². The highest BCUT2D eigenvalue weighted by atomic mass is 79.9. The molecule has 0 saturated heterocycles. The SMILES string of the molecule is CCCCC(C)(C)[C@@H](/C=C/Br)O[Si](C)(C)C(C)(C)C. The van der Waals surface area contributed by atoms with Gasteiger partial charge in [0.1, 0.15) is 0 Å². The Bertz CT molecular complexity index is 290. The molecule has 0 amide bonds. The zero-order chi connectivity index (χ0) is 15.3. The number of halogens is 1. The third-order valence-electron chi connectivity index (χ3n) is 4.42. The molecular weight excluding hydrogens is 316 g/mol. The predicted molar refractivity (Wildman–Crippen MR) is 93.4 cm³/mol. The molecule has 0 aliphatic carbocycles. The predicted octanol–water partition coefficient (Wildman–Crippen LogP) is 6.50. The fourth-order valence-electron chi connectivity index (χ4n) is 1.79. The highest BCUT2D eigenvalue weighted by molar-refractivity contribution is 9.11. The summed E-state index contributed by atoms with van der Waals surface area (Å²) in [6.07, 6.45) is 6.09. The van der Waals surface area contributed by atoms with Crippen LogP contribution in [-0.2, 0) is 4.43 Å². The van der Waals surface area contributed by atoms with Gasteiger partial charge in [0.25, 0.3) is 0 Å². The number of unbranched alkanes of at least 4 members (excludes halogenated alkanes) is 1. The largest absolute Gasteiger partial charge is 0.410 e. The van der Waals surface area contributed by atoms with Gasteiger partial charge in [0.2, 0.25) is 0 Å². The quantitative estimate of drug-likeness (QED) is 0.477. The van der Waals surface area contributed by atoms with Crippen LogP contribution in [0.2, 0.25) is 18.1 Å². The summed E-state index contributed by atoms with van der Waals surface area (Å²) in [5.41, 5.74) is 0.190. The molecule has 0 heterocycles. The second-order valence-electron chi connectivity index (χ2n) is 7.71. The molecule has 0 aromatic rings. The topological polar surface area (TPSA) is 9.23 Å². The maximum absolute atomic E-state index is 6.63. The van der Waals surface area contributed by atoms with Crippen LogP contribution in [0.15, 0.2) is 11.1 Å². The average molecular weight is 349 g/mol. The molecule has 0 aromatic heterocycles. The molecule has 0 radical (unpaired) electrons. The van der Waals surface area contributed by atoms with Crippen LogP contribution < -0.4 is 0 Å². The summed E-state index contributed by atoms with van der Waals surface area (Å²) in [7, 11) is -1.73. The molecule has 19 heavy (non-hydrogen) atoms. The van der Waals surface area contributed by atoms with Crippen molar-refractivity contribution in [2.24, 2.45) is 5.41 Å². The van der Waals surface area contributed by atoms with Crippen molar-refractivity contribution in [3.8, 4) is 0 Å². The fraction of sp³-hybridized carbons (Fsp3) is 0.875. The zero-order valence-corrected chi connectivity index (χ0v) is 16.7. The average Bonchev–Trinajstić information content (AvgIpc) is 2.24. The molecule has 1 atom stereocenters. The summed E-state index contributed by atoms with van der Waals surface area (Å²) in [4.78, 5) is 1.96. The molecule has 1 nitrogen and oxygen atoms in total. The van der Waals surface area contributed by atoms with Crippen LogP contribution in [0.1, 0.15) is 60.8 Å². The van der Waals surface area contributed by atoms with Gasteiger partial charge in [0, 0.05) is 0 Å². The first-order chi connectivity index (χ1) is 8.48. The third kappa shape index (κ3) is 6.13. The summed E-state index contributed by atoms with van der Waals surface area (Å²) in [5.74, 6) is 0. The summed E-state index contributed by atoms with van der Waals surface area (Å²) in [6.45, 7) is 18.5. The van der Waals surface area contributed by atoms with Gasteiger partial charge in [0.05, 0.1) is 6.10 Å². The van der Waals surface area contributed by atoms with E-state index in [-0.39, 0.29) is 16.6 Å². The van der Waals surface area contributed by atoms with Crippen molar-refractivity contribution >= 4 is 24.2 Å². The molecule has 0 aliphatic heterocycles. The number of hydrogen-bond donors (Lipinski definition) is 0. The molecule has 0 aromatic carbocycles. The van der Waals surface area contributed by atoms with Crippen molar-refractivity contribution in [2.45, 2.75) is 85.0 Å². The molecule has 0 aliphatic rings. The van der Waals surface area contributed by atoms with E-state index < -0.39 is 8.32 Å². The molecule has 0 unspecified atom stereocenters. The Balaban J connectivity index is 5.03. The van der Waals surface area contributed by atoms with Crippen LogP contribution in [0.3, 0.4) is 0 Å². The van der Waals surface area contributed by atoms with Crippen LogP contribution in [0.5, 0.6) is 0 Å². The Labute approximate surface area is 130 Å². The zero-order valence-electron chi connectivity index (χ0n) is 14.1. The lowest BCUT2D eigenvalue weighted by Crippen LogP contribution is -2.47. The van der Waals surface area contributed by atoms with Crippen LogP contribution in [0, 0.1) is 5.41 Å². The highest BCUT2D eigenvalue weighted by Crippen LogP contribution is 2.41. The minimum atomic E-state index is -1.73. The molecule has 0 saturated carbocycles. The molecule has 114 valence electrons. The first-order valence-corrected chi connectivity index (χ1v) is 11.2. The lowest BCUT2D eigenvalue weighted by Gasteiger charge is -2.43. The summed E-state index contributed by atoms with van der Waals surface area (Å²) < 4.78 is 6.63. The summed E-state index contributed by atoms with van der Waals surface area (Å²) in [6, 6.07) is 0. The Morgan fingerprint density at radius 1 is 1.16 bits per heavy atom. The van der Waals surface area contributed by atoms with Crippen LogP contribution in [0.4, 0.5) is 0 Å². The number of hydrogen-bond acceptors (Lipinski definition) is 1. The fourth-order valence-corrected chi connectivity index (χ4v) is 3.46. The van der Waals surface area contributed by atoms with Gasteiger partial charge in [-0.1, -0.05) is 70.3 Å². The number of rotatable bonds is 7. The minimum absolute atomic E-state index is 0.190. The van der Waals surface area contributed by atoms with E-state index in [1.54, 1.807) is 0 Å². The first-order valence-electron chi connectivity index (χ1n) is 7.42.